The SMILES string of the molecule is Cc1ccc([N+](=O)[O-])cc1C1CCCCN1. The summed E-state index contributed by atoms with van der Waals surface area (Å²) in [6.07, 6.45) is 3.46. The first-order chi connectivity index (χ1) is 7.68. The Morgan fingerprint density at radius 3 is 2.88 bits per heavy atom. The highest BCUT2D eigenvalue weighted by atomic mass is 16.6. The van der Waals surface area contributed by atoms with E-state index >= 15 is 0 Å². The van der Waals surface area contributed by atoms with Gasteiger partial charge >= 0.3 is 0 Å². The van der Waals surface area contributed by atoms with Crippen molar-refractivity contribution in [1.82, 2.24) is 5.32 Å². The van der Waals surface area contributed by atoms with E-state index < -0.39 is 0 Å². The van der Waals surface area contributed by atoms with Crippen molar-refractivity contribution in [2.24, 2.45) is 0 Å². The highest BCUT2D eigenvalue weighted by molar-refractivity contribution is 5.41. The van der Waals surface area contributed by atoms with Crippen LogP contribution in [-0.2, 0) is 0 Å². The third kappa shape index (κ3) is 2.22. The molecule has 0 aromatic heterocycles. The molecule has 86 valence electrons. The molecule has 1 fully saturated rings. The Morgan fingerprint density at radius 2 is 2.25 bits per heavy atom. The molecule has 0 saturated carbocycles. The second-order valence-corrected chi connectivity index (χ2v) is 4.30. The molecule has 1 aromatic carbocycles. The van der Waals surface area contributed by atoms with Crippen LogP contribution in [0.4, 0.5) is 5.69 Å². The number of aryl methyl sites for hydroxylation is 1. The molecular weight excluding hydrogens is 204 g/mol. The van der Waals surface area contributed by atoms with Crippen molar-refractivity contribution in [1.29, 1.82) is 0 Å². The molecule has 1 aliphatic heterocycles. The molecule has 1 saturated heterocycles. The van der Waals surface area contributed by atoms with Gasteiger partial charge < -0.3 is 5.32 Å². The average molecular weight is 220 g/mol. The Balaban J connectivity index is 2.30. The number of nitrogens with zero attached hydrogens (tertiary/aromatic N) is 1. The fraction of sp³-hybridized carbons (Fsp3) is 0.500. The molecule has 0 bridgehead atoms. The molecule has 1 aliphatic rings. The standard InChI is InChI=1S/C12H16N2O2/c1-9-5-6-10(14(15)16)8-11(9)12-4-2-3-7-13-12/h5-6,8,12-13H,2-4,7H2,1H3. The van der Waals surface area contributed by atoms with Crippen LogP contribution in [0.25, 0.3) is 0 Å². The minimum absolute atomic E-state index is 0.188. The Labute approximate surface area is 94.8 Å². The summed E-state index contributed by atoms with van der Waals surface area (Å²) < 4.78 is 0. The molecule has 0 aliphatic carbocycles. The number of nitro groups is 1. The lowest BCUT2D eigenvalue weighted by Crippen LogP contribution is -2.27. The summed E-state index contributed by atoms with van der Waals surface area (Å²) in [4.78, 5) is 10.4. The molecule has 0 amide bonds. The third-order valence-corrected chi connectivity index (χ3v) is 3.16. The molecule has 1 heterocycles. The maximum Gasteiger partial charge on any atom is 0.269 e. The van der Waals surface area contributed by atoms with Gasteiger partial charge in [-0.25, -0.2) is 0 Å². The zero-order valence-corrected chi connectivity index (χ0v) is 9.40. The van der Waals surface area contributed by atoms with Crippen LogP contribution >= 0.6 is 0 Å². The number of nitrogens with one attached hydrogen (secondary N) is 1. The lowest BCUT2D eigenvalue weighted by Gasteiger charge is -2.25. The van der Waals surface area contributed by atoms with Crippen molar-refractivity contribution in [3.63, 3.8) is 0 Å². The molecule has 1 aromatic rings. The normalized spacial score (nSPS) is 20.7. The number of nitro benzene ring substituents is 1. The minimum atomic E-state index is -0.328. The van der Waals surface area contributed by atoms with Crippen LogP contribution in [0.1, 0.15) is 36.4 Å². The van der Waals surface area contributed by atoms with Gasteiger partial charge in [0.2, 0.25) is 0 Å². The molecular formula is C12H16N2O2. The van der Waals surface area contributed by atoms with Crippen molar-refractivity contribution in [3.05, 3.63) is 39.4 Å². The first-order valence-corrected chi connectivity index (χ1v) is 5.67. The van der Waals surface area contributed by atoms with E-state index in [1.807, 2.05) is 13.0 Å². The number of benzene rings is 1. The van der Waals surface area contributed by atoms with Crippen LogP contribution in [0.5, 0.6) is 0 Å². The van der Waals surface area contributed by atoms with Gasteiger partial charge in [0.05, 0.1) is 4.92 Å². The van der Waals surface area contributed by atoms with E-state index in [0.717, 1.165) is 24.1 Å². The molecule has 1 atom stereocenters. The van der Waals surface area contributed by atoms with E-state index in [2.05, 4.69) is 5.32 Å². The van der Waals surface area contributed by atoms with Gasteiger partial charge in [-0.1, -0.05) is 12.5 Å². The summed E-state index contributed by atoms with van der Waals surface area (Å²) in [5.41, 5.74) is 2.40. The van der Waals surface area contributed by atoms with E-state index in [1.165, 1.54) is 12.8 Å². The summed E-state index contributed by atoms with van der Waals surface area (Å²) in [5.74, 6) is 0. The predicted octanol–water partition coefficient (Wildman–Crippen LogP) is 2.72. The van der Waals surface area contributed by atoms with Gasteiger partial charge in [0, 0.05) is 18.2 Å². The minimum Gasteiger partial charge on any atom is -0.310 e. The van der Waals surface area contributed by atoms with E-state index in [-0.39, 0.29) is 16.7 Å². The highest BCUT2D eigenvalue weighted by Gasteiger charge is 2.19. The Hall–Kier alpha value is -1.42. The van der Waals surface area contributed by atoms with Gasteiger partial charge in [0.15, 0.2) is 0 Å². The molecule has 0 radical (unpaired) electrons. The van der Waals surface area contributed by atoms with Gasteiger partial charge in [-0.15, -0.1) is 0 Å². The van der Waals surface area contributed by atoms with Gasteiger partial charge in [-0.05, 0) is 37.4 Å². The average Bonchev–Trinajstić information content (AvgIpc) is 2.30. The number of piperidine rings is 1. The Kier molecular flexibility index (Phi) is 3.19. The fourth-order valence-corrected chi connectivity index (χ4v) is 2.23. The largest absolute Gasteiger partial charge is 0.310 e. The highest BCUT2D eigenvalue weighted by Crippen LogP contribution is 2.28. The number of hydrogen-bond donors (Lipinski definition) is 1. The van der Waals surface area contributed by atoms with Crippen LogP contribution in [-0.4, -0.2) is 11.5 Å². The van der Waals surface area contributed by atoms with Gasteiger partial charge in [-0.2, -0.15) is 0 Å². The van der Waals surface area contributed by atoms with Crippen LogP contribution in [0.15, 0.2) is 18.2 Å². The molecule has 1 N–H and O–H groups in total. The number of rotatable bonds is 2. The van der Waals surface area contributed by atoms with Crippen molar-refractivity contribution in [2.75, 3.05) is 6.54 Å². The van der Waals surface area contributed by atoms with Crippen molar-refractivity contribution >= 4 is 5.69 Å². The topological polar surface area (TPSA) is 55.2 Å². The smallest absolute Gasteiger partial charge is 0.269 e. The maximum absolute atomic E-state index is 10.7. The zero-order chi connectivity index (χ0) is 11.5. The quantitative estimate of drug-likeness (QED) is 0.616. The van der Waals surface area contributed by atoms with Gasteiger partial charge in [0.25, 0.3) is 5.69 Å². The van der Waals surface area contributed by atoms with E-state index in [1.54, 1.807) is 12.1 Å². The monoisotopic (exact) mass is 220 g/mol. The van der Waals surface area contributed by atoms with E-state index in [4.69, 9.17) is 0 Å². The van der Waals surface area contributed by atoms with Gasteiger partial charge in [-0.3, -0.25) is 10.1 Å². The van der Waals surface area contributed by atoms with Crippen LogP contribution in [0.2, 0.25) is 0 Å². The van der Waals surface area contributed by atoms with E-state index in [9.17, 15) is 10.1 Å². The summed E-state index contributed by atoms with van der Waals surface area (Å²) >= 11 is 0. The fourth-order valence-electron chi connectivity index (χ4n) is 2.23. The maximum atomic E-state index is 10.7. The Morgan fingerprint density at radius 1 is 1.44 bits per heavy atom. The molecule has 2 rings (SSSR count). The van der Waals surface area contributed by atoms with Gasteiger partial charge in [0.1, 0.15) is 0 Å². The van der Waals surface area contributed by atoms with Crippen LogP contribution in [0, 0.1) is 17.0 Å². The zero-order valence-electron chi connectivity index (χ0n) is 9.40. The predicted molar refractivity (Wildman–Crippen MR) is 62.4 cm³/mol. The second-order valence-electron chi connectivity index (χ2n) is 4.30. The summed E-state index contributed by atoms with van der Waals surface area (Å²) in [7, 11) is 0. The van der Waals surface area contributed by atoms with Crippen LogP contribution < -0.4 is 5.32 Å². The van der Waals surface area contributed by atoms with Crippen LogP contribution in [0.3, 0.4) is 0 Å². The molecule has 1 unspecified atom stereocenters. The van der Waals surface area contributed by atoms with Crippen molar-refractivity contribution < 1.29 is 4.92 Å². The third-order valence-electron chi connectivity index (χ3n) is 3.16. The van der Waals surface area contributed by atoms with Crippen molar-refractivity contribution in [2.45, 2.75) is 32.2 Å². The van der Waals surface area contributed by atoms with E-state index in [0.29, 0.717) is 0 Å². The lowest BCUT2D eigenvalue weighted by atomic mass is 9.94. The molecule has 16 heavy (non-hydrogen) atoms. The lowest BCUT2D eigenvalue weighted by molar-refractivity contribution is -0.385. The molecule has 4 nitrogen and oxygen atoms in total. The number of hydrogen-bond acceptors (Lipinski definition) is 3. The summed E-state index contributed by atoms with van der Waals surface area (Å²) in [6.45, 7) is 3.02. The summed E-state index contributed by atoms with van der Waals surface area (Å²) in [5, 5.41) is 14.2. The first-order valence-electron chi connectivity index (χ1n) is 5.67. The first kappa shape index (κ1) is 11.1. The number of non-ortho nitro benzene ring substituents is 1. The summed E-state index contributed by atoms with van der Waals surface area (Å²) in [6, 6.07) is 5.40. The Bertz CT molecular complexity index is 398. The van der Waals surface area contributed by atoms with Crippen molar-refractivity contribution in [3.8, 4) is 0 Å². The molecule has 0 spiro atoms. The second kappa shape index (κ2) is 4.61. The molecule has 4 heteroatoms.